The number of likely N-dealkylation sites (tertiary alicyclic amines) is 1. The van der Waals surface area contributed by atoms with Gasteiger partial charge in [0.2, 0.25) is 0 Å². The quantitative estimate of drug-likeness (QED) is 0.702. The molecular formula is C20H21ClF3N3O. The lowest BCUT2D eigenvalue weighted by atomic mass is 9.81. The maximum atomic E-state index is 13.3. The normalized spacial score (nSPS) is 19.7. The summed E-state index contributed by atoms with van der Waals surface area (Å²) in [5, 5.41) is 0.569. The predicted octanol–water partition coefficient (Wildman–Crippen LogP) is 4.24. The number of benzene rings is 1. The van der Waals surface area contributed by atoms with Gasteiger partial charge in [-0.3, -0.25) is 9.69 Å². The van der Waals surface area contributed by atoms with Crippen LogP contribution in [0.15, 0.2) is 36.4 Å². The third-order valence-corrected chi connectivity index (χ3v) is 6.36. The zero-order valence-electron chi connectivity index (χ0n) is 15.5. The standard InChI is InChI=1S/C20H21ClF3N3O/c1-25-12-13-27-16(6-7-17(27)20(22,23)24)19(25)8-10-26(11-9-19)18(28)14-2-4-15(21)5-3-14/h2-7H,8-13H2,1H3. The Morgan fingerprint density at radius 1 is 1.00 bits per heavy atom. The lowest BCUT2D eigenvalue weighted by Gasteiger charge is -2.50. The minimum atomic E-state index is -4.36. The van der Waals surface area contributed by atoms with Crippen LogP contribution >= 0.6 is 11.6 Å². The summed E-state index contributed by atoms with van der Waals surface area (Å²) in [6.07, 6.45) is -3.16. The van der Waals surface area contributed by atoms with Crippen molar-refractivity contribution >= 4 is 17.5 Å². The molecule has 1 aromatic heterocycles. The largest absolute Gasteiger partial charge is 0.431 e. The number of alkyl halides is 3. The van der Waals surface area contributed by atoms with E-state index in [-0.39, 0.29) is 5.91 Å². The van der Waals surface area contributed by atoms with Crippen molar-refractivity contribution in [1.82, 2.24) is 14.4 Å². The first-order valence-electron chi connectivity index (χ1n) is 9.26. The van der Waals surface area contributed by atoms with Gasteiger partial charge in [0.1, 0.15) is 5.69 Å². The van der Waals surface area contributed by atoms with Crippen LogP contribution in [0.3, 0.4) is 0 Å². The molecule has 0 N–H and O–H groups in total. The Kier molecular flexibility index (Phi) is 4.70. The van der Waals surface area contributed by atoms with E-state index in [2.05, 4.69) is 4.90 Å². The molecule has 8 heteroatoms. The number of fused-ring (bicyclic) bond motifs is 2. The molecule has 2 aliphatic rings. The zero-order chi connectivity index (χ0) is 20.1. The number of carbonyl (C=O) groups excluding carboxylic acids is 1. The van der Waals surface area contributed by atoms with E-state index in [4.69, 9.17) is 11.6 Å². The summed E-state index contributed by atoms with van der Waals surface area (Å²) >= 11 is 5.88. The van der Waals surface area contributed by atoms with Crippen LogP contribution in [0, 0.1) is 0 Å². The Morgan fingerprint density at radius 2 is 1.64 bits per heavy atom. The monoisotopic (exact) mass is 411 g/mol. The number of rotatable bonds is 1. The smallest absolute Gasteiger partial charge is 0.338 e. The highest BCUT2D eigenvalue weighted by molar-refractivity contribution is 6.30. The van der Waals surface area contributed by atoms with E-state index in [1.54, 1.807) is 35.2 Å². The first kappa shape index (κ1) is 19.3. The lowest BCUT2D eigenvalue weighted by Crippen LogP contribution is -2.56. The second kappa shape index (κ2) is 6.81. The Labute approximate surface area is 166 Å². The minimum Gasteiger partial charge on any atom is -0.338 e. The fraction of sp³-hybridized carbons (Fsp3) is 0.450. The van der Waals surface area contributed by atoms with E-state index in [1.807, 2.05) is 7.05 Å². The van der Waals surface area contributed by atoms with Crippen molar-refractivity contribution in [1.29, 1.82) is 0 Å². The van der Waals surface area contributed by atoms with Crippen LogP contribution in [0.25, 0.3) is 0 Å². The van der Waals surface area contributed by atoms with Crippen LogP contribution in [0.5, 0.6) is 0 Å². The number of nitrogens with zero attached hydrogens (tertiary/aromatic N) is 3. The number of likely N-dealkylation sites (N-methyl/N-ethyl adjacent to an activating group) is 1. The molecule has 3 heterocycles. The number of hydrogen-bond acceptors (Lipinski definition) is 2. The number of carbonyl (C=O) groups is 1. The summed E-state index contributed by atoms with van der Waals surface area (Å²) in [4.78, 5) is 16.7. The molecular weight excluding hydrogens is 391 g/mol. The van der Waals surface area contributed by atoms with E-state index in [9.17, 15) is 18.0 Å². The van der Waals surface area contributed by atoms with E-state index < -0.39 is 17.4 Å². The van der Waals surface area contributed by atoms with Crippen LogP contribution in [0.4, 0.5) is 13.2 Å². The molecule has 2 aromatic rings. The average Bonchev–Trinajstić information content (AvgIpc) is 3.11. The van der Waals surface area contributed by atoms with Gasteiger partial charge < -0.3 is 9.47 Å². The maximum Gasteiger partial charge on any atom is 0.431 e. The molecule has 1 amide bonds. The van der Waals surface area contributed by atoms with Crippen LogP contribution in [-0.2, 0) is 18.3 Å². The number of halogens is 4. The molecule has 0 bridgehead atoms. The second-order valence-corrected chi connectivity index (χ2v) is 7.94. The number of amides is 1. The Bertz CT molecular complexity index is 883. The van der Waals surface area contributed by atoms with Crippen LogP contribution in [0.2, 0.25) is 5.02 Å². The molecule has 4 rings (SSSR count). The molecule has 1 saturated heterocycles. The molecule has 0 saturated carbocycles. The van der Waals surface area contributed by atoms with Gasteiger partial charge in [0.05, 0.1) is 5.54 Å². The fourth-order valence-electron chi connectivity index (χ4n) is 4.51. The second-order valence-electron chi connectivity index (χ2n) is 7.51. The summed E-state index contributed by atoms with van der Waals surface area (Å²) in [5.74, 6) is -0.0728. The first-order valence-corrected chi connectivity index (χ1v) is 9.63. The molecule has 28 heavy (non-hydrogen) atoms. The maximum absolute atomic E-state index is 13.3. The summed E-state index contributed by atoms with van der Waals surface area (Å²) in [6.45, 7) is 1.87. The summed E-state index contributed by atoms with van der Waals surface area (Å²) < 4.78 is 41.5. The highest BCUT2D eigenvalue weighted by Gasteiger charge is 2.47. The molecule has 1 aromatic carbocycles. The van der Waals surface area contributed by atoms with Crippen molar-refractivity contribution in [3.05, 3.63) is 58.4 Å². The summed E-state index contributed by atoms with van der Waals surface area (Å²) in [5.41, 5.74) is 0.209. The van der Waals surface area contributed by atoms with E-state index in [0.717, 1.165) is 0 Å². The van der Waals surface area contributed by atoms with E-state index >= 15 is 0 Å². The lowest BCUT2D eigenvalue weighted by molar-refractivity contribution is -0.144. The SMILES string of the molecule is CN1CCn2c(C(F)(F)F)ccc2C12CCN(C(=O)c1ccc(Cl)cc1)CC2. The molecule has 1 fully saturated rings. The van der Waals surface area contributed by atoms with Gasteiger partial charge in [0, 0.05) is 42.5 Å². The van der Waals surface area contributed by atoms with Crippen molar-refractivity contribution in [2.75, 3.05) is 26.7 Å². The zero-order valence-corrected chi connectivity index (χ0v) is 16.2. The number of piperidine rings is 1. The van der Waals surface area contributed by atoms with Gasteiger partial charge in [-0.2, -0.15) is 13.2 Å². The van der Waals surface area contributed by atoms with Crippen molar-refractivity contribution in [2.24, 2.45) is 0 Å². The Hall–Kier alpha value is -1.99. The van der Waals surface area contributed by atoms with Crippen molar-refractivity contribution in [3.63, 3.8) is 0 Å². The Morgan fingerprint density at radius 3 is 2.25 bits per heavy atom. The fourth-order valence-corrected chi connectivity index (χ4v) is 4.64. The third-order valence-electron chi connectivity index (χ3n) is 6.11. The molecule has 2 aliphatic heterocycles. The average molecular weight is 412 g/mol. The van der Waals surface area contributed by atoms with E-state index in [1.165, 1.54) is 10.6 Å². The van der Waals surface area contributed by atoms with Gasteiger partial charge in [-0.05, 0) is 56.3 Å². The van der Waals surface area contributed by atoms with Gasteiger partial charge in [-0.25, -0.2) is 0 Å². The van der Waals surface area contributed by atoms with Gasteiger partial charge in [-0.15, -0.1) is 0 Å². The molecule has 4 nitrogen and oxygen atoms in total. The number of aromatic nitrogens is 1. The Balaban J connectivity index is 1.58. The van der Waals surface area contributed by atoms with Crippen LogP contribution in [0.1, 0.15) is 34.6 Å². The highest BCUT2D eigenvalue weighted by atomic mass is 35.5. The summed E-state index contributed by atoms with van der Waals surface area (Å²) in [6, 6.07) is 9.54. The first-order chi connectivity index (χ1) is 13.2. The minimum absolute atomic E-state index is 0.0728. The van der Waals surface area contributed by atoms with Crippen LogP contribution < -0.4 is 0 Å². The molecule has 150 valence electrons. The predicted molar refractivity (Wildman–Crippen MR) is 100 cm³/mol. The molecule has 0 aliphatic carbocycles. The topological polar surface area (TPSA) is 28.5 Å². The van der Waals surface area contributed by atoms with Crippen molar-refractivity contribution in [3.8, 4) is 0 Å². The van der Waals surface area contributed by atoms with Gasteiger partial charge in [0.25, 0.3) is 5.91 Å². The summed E-state index contributed by atoms with van der Waals surface area (Å²) in [7, 11) is 1.96. The highest BCUT2D eigenvalue weighted by Crippen LogP contribution is 2.44. The van der Waals surface area contributed by atoms with Crippen molar-refractivity contribution < 1.29 is 18.0 Å². The molecule has 0 atom stereocenters. The van der Waals surface area contributed by atoms with Gasteiger partial charge in [0.15, 0.2) is 0 Å². The number of hydrogen-bond donors (Lipinski definition) is 0. The van der Waals surface area contributed by atoms with Crippen molar-refractivity contribution in [2.45, 2.75) is 31.1 Å². The molecule has 1 spiro atoms. The van der Waals surface area contributed by atoms with E-state index in [0.29, 0.717) is 55.3 Å². The van der Waals surface area contributed by atoms with Crippen LogP contribution in [-0.4, -0.2) is 47.0 Å². The molecule has 0 radical (unpaired) electrons. The molecule has 0 unspecified atom stereocenters. The van der Waals surface area contributed by atoms with Gasteiger partial charge >= 0.3 is 6.18 Å². The third kappa shape index (κ3) is 3.10. The van der Waals surface area contributed by atoms with Gasteiger partial charge in [-0.1, -0.05) is 11.6 Å².